The predicted molar refractivity (Wildman–Crippen MR) is 45.9 cm³/mol. The van der Waals surface area contributed by atoms with Crippen LogP contribution in [-0.4, -0.2) is 6.54 Å². The normalized spacial score (nSPS) is 13.5. The van der Waals surface area contributed by atoms with E-state index in [0.29, 0.717) is 6.54 Å². The SMILES string of the molecule is CCCCC(CC)CC[NH]. The van der Waals surface area contributed by atoms with Crippen molar-refractivity contribution in [2.75, 3.05) is 6.54 Å². The van der Waals surface area contributed by atoms with E-state index >= 15 is 0 Å². The maximum absolute atomic E-state index is 7.07. The summed E-state index contributed by atoms with van der Waals surface area (Å²) in [5, 5.41) is 0. The molecule has 1 unspecified atom stereocenters. The second-order valence-electron chi connectivity index (χ2n) is 2.96. The fourth-order valence-corrected chi connectivity index (χ4v) is 1.25. The van der Waals surface area contributed by atoms with Crippen molar-refractivity contribution in [3.05, 3.63) is 0 Å². The predicted octanol–water partition coefficient (Wildman–Crippen LogP) is 2.88. The summed E-state index contributed by atoms with van der Waals surface area (Å²) in [7, 11) is 0. The highest BCUT2D eigenvalue weighted by atomic mass is 14.5. The lowest BCUT2D eigenvalue weighted by Crippen LogP contribution is -2.01. The monoisotopic (exact) mass is 142 g/mol. The molecule has 1 nitrogen and oxygen atoms in total. The highest BCUT2D eigenvalue weighted by Gasteiger charge is 2.02. The molecule has 0 aromatic heterocycles. The molecule has 0 fully saturated rings. The Bertz CT molecular complexity index is 61.7. The topological polar surface area (TPSA) is 23.8 Å². The molecule has 0 aliphatic heterocycles. The largest absolute Gasteiger partial charge is 0.258 e. The fourth-order valence-electron chi connectivity index (χ4n) is 1.25. The average Bonchev–Trinajstić information content (AvgIpc) is 1.98. The molecular formula is C9H20N. The third-order valence-electron chi connectivity index (χ3n) is 2.10. The molecule has 0 saturated heterocycles. The first-order valence-corrected chi connectivity index (χ1v) is 4.49. The van der Waals surface area contributed by atoms with E-state index in [0.717, 1.165) is 12.3 Å². The van der Waals surface area contributed by atoms with E-state index in [9.17, 15) is 0 Å². The van der Waals surface area contributed by atoms with Gasteiger partial charge in [0.05, 0.1) is 0 Å². The van der Waals surface area contributed by atoms with Crippen LogP contribution in [0.3, 0.4) is 0 Å². The summed E-state index contributed by atoms with van der Waals surface area (Å²) in [6, 6.07) is 0. The van der Waals surface area contributed by atoms with Crippen molar-refractivity contribution in [1.82, 2.24) is 5.73 Å². The summed E-state index contributed by atoms with van der Waals surface area (Å²) in [5.41, 5.74) is 7.07. The highest BCUT2D eigenvalue weighted by molar-refractivity contribution is 4.56. The number of hydrogen-bond donors (Lipinski definition) is 0. The third kappa shape index (κ3) is 4.80. The molecule has 61 valence electrons. The molecule has 0 aliphatic rings. The van der Waals surface area contributed by atoms with Gasteiger partial charge in [0.25, 0.3) is 0 Å². The van der Waals surface area contributed by atoms with E-state index in [2.05, 4.69) is 13.8 Å². The second-order valence-corrected chi connectivity index (χ2v) is 2.96. The van der Waals surface area contributed by atoms with Gasteiger partial charge in [0.2, 0.25) is 0 Å². The molecule has 0 aromatic rings. The van der Waals surface area contributed by atoms with Crippen LogP contribution in [0.4, 0.5) is 0 Å². The van der Waals surface area contributed by atoms with Crippen molar-refractivity contribution in [3.8, 4) is 0 Å². The molecule has 10 heavy (non-hydrogen) atoms. The standard InChI is InChI=1S/C9H20N/c1-3-5-6-9(4-2)7-8-10/h9-10H,3-8H2,1-2H3. The van der Waals surface area contributed by atoms with E-state index in [1.807, 2.05) is 0 Å². The average molecular weight is 142 g/mol. The van der Waals surface area contributed by atoms with Gasteiger partial charge in [-0.25, -0.2) is 0 Å². The minimum absolute atomic E-state index is 0.613. The Morgan fingerprint density at radius 1 is 1.20 bits per heavy atom. The summed E-state index contributed by atoms with van der Waals surface area (Å²) < 4.78 is 0. The van der Waals surface area contributed by atoms with Crippen LogP contribution in [0.25, 0.3) is 0 Å². The molecule has 0 aromatic carbocycles. The van der Waals surface area contributed by atoms with Crippen LogP contribution in [0.2, 0.25) is 0 Å². The molecule has 1 atom stereocenters. The molecule has 1 heteroatoms. The van der Waals surface area contributed by atoms with Gasteiger partial charge in [-0.2, -0.15) is 0 Å². The first-order chi connectivity index (χ1) is 4.85. The zero-order valence-corrected chi connectivity index (χ0v) is 7.32. The van der Waals surface area contributed by atoms with Crippen LogP contribution in [0.1, 0.15) is 46.0 Å². The molecule has 0 rings (SSSR count). The number of rotatable bonds is 6. The molecule has 0 amide bonds. The van der Waals surface area contributed by atoms with Gasteiger partial charge < -0.3 is 0 Å². The van der Waals surface area contributed by atoms with Crippen LogP contribution in [0, 0.1) is 5.92 Å². The van der Waals surface area contributed by atoms with Gasteiger partial charge in [-0.15, -0.1) is 0 Å². The van der Waals surface area contributed by atoms with Crippen LogP contribution in [0.5, 0.6) is 0 Å². The van der Waals surface area contributed by atoms with Crippen LogP contribution in [-0.2, 0) is 0 Å². The van der Waals surface area contributed by atoms with Crippen molar-refractivity contribution in [3.63, 3.8) is 0 Å². The molecule has 0 heterocycles. The first kappa shape index (κ1) is 9.96. The van der Waals surface area contributed by atoms with Gasteiger partial charge in [0.15, 0.2) is 0 Å². The van der Waals surface area contributed by atoms with Crippen LogP contribution < -0.4 is 5.73 Å². The molecule has 0 saturated carbocycles. The van der Waals surface area contributed by atoms with Crippen molar-refractivity contribution < 1.29 is 0 Å². The summed E-state index contributed by atoms with van der Waals surface area (Å²) in [6.07, 6.45) is 6.36. The Morgan fingerprint density at radius 3 is 2.30 bits per heavy atom. The molecule has 1 radical (unpaired) electrons. The lowest BCUT2D eigenvalue weighted by atomic mass is 9.96. The van der Waals surface area contributed by atoms with Crippen LogP contribution in [0.15, 0.2) is 0 Å². The quantitative estimate of drug-likeness (QED) is 0.544. The maximum Gasteiger partial charge on any atom is 0.0102 e. The Kier molecular flexibility index (Phi) is 7.04. The Hall–Kier alpha value is -0.0400. The van der Waals surface area contributed by atoms with Crippen molar-refractivity contribution >= 4 is 0 Å². The number of unbranched alkanes of at least 4 members (excludes halogenated alkanes) is 1. The molecule has 0 bridgehead atoms. The number of hydrogen-bond acceptors (Lipinski definition) is 0. The zero-order chi connectivity index (χ0) is 7.82. The van der Waals surface area contributed by atoms with Crippen molar-refractivity contribution in [2.24, 2.45) is 5.92 Å². The molecule has 0 spiro atoms. The lowest BCUT2D eigenvalue weighted by molar-refractivity contribution is 0.425. The molecule has 1 N–H and O–H groups in total. The molecule has 0 aliphatic carbocycles. The van der Waals surface area contributed by atoms with Gasteiger partial charge in [0.1, 0.15) is 0 Å². The van der Waals surface area contributed by atoms with E-state index in [1.165, 1.54) is 25.7 Å². The third-order valence-corrected chi connectivity index (χ3v) is 2.10. The minimum atomic E-state index is 0.613. The minimum Gasteiger partial charge on any atom is -0.258 e. The zero-order valence-electron chi connectivity index (χ0n) is 7.32. The van der Waals surface area contributed by atoms with Gasteiger partial charge in [-0.3, -0.25) is 5.73 Å². The molecular weight excluding hydrogens is 122 g/mol. The van der Waals surface area contributed by atoms with Gasteiger partial charge in [-0.05, 0) is 12.3 Å². The summed E-state index contributed by atoms with van der Waals surface area (Å²) >= 11 is 0. The van der Waals surface area contributed by atoms with E-state index < -0.39 is 0 Å². The summed E-state index contributed by atoms with van der Waals surface area (Å²) in [6.45, 7) is 5.08. The Morgan fingerprint density at radius 2 is 1.90 bits per heavy atom. The lowest BCUT2D eigenvalue weighted by Gasteiger charge is -2.11. The summed E-state index contributed by atoms with van der Waals surface area (Å²) in [5.74, 6) is 0.831. The van der Waals surface area contributed by atoms with E-state index in [4.69, 9.17) is 5.73 Å². The van der Waals surface area contributed by atoms with Crippen molar-refractivity contribution in [1.29, 1.82) is 0 Å². The number of nitrogens with one attached hydrogen (secondary N) is 1. The van der Waals surface area contributed by atoms with E-state index in [1.54, 1.807) is 0 Å². The Labute approximate surface area is 65.0 Å². The fraction of sp³-hybridized carbons (Fsp3) is 1.00. The van der Waals surface area contributed by atoms with Gasteiger partial charge in [-0.1, -0.05) is 39.5 Å². The van der Waals surface area contributed by atoms with Crippen LogP contribution >= 0.6 is 0 Å². The van der Waals surface area contributed by atoms with Gasteiger partial charge in [0, 0.05) is 6.54 Å². The Balaban J connectivity index is 3.21. The second kappa shape index (κ2) is 7.07. The first-order valence-electron chi connectivity index (χ1n) is 4.49. The van der Waals surface area contributed by atoms with E-state index in [-0.39, 0.29) is 0 Å². The van der Waals surface area contributed by atoms with Gasteiger partial charge >= 0.3 is 0 Å². The summed E-state index contributed by atoms with van der Waals surface area (Å²) in [4.78, 5) is 0. The van der Waals surface area contributed by atoms with Crippen molar-refractivity contribution in [2.45, 2.75) is 46.0 Å². The maximum atomic E-state index is 7.07. The smallest absolute Gasteiger partial charge is 0.0102 e. The highest BCUT2D eigenvalue weighted by Crippen LogP contribution is 2.15.